The van der Waals surface area contributed by atoms with Crippen LogP contribution in [0.1, 0.15) is 25.3 Å². The topological polar surface area (TPSA) is 72.5 Å². The second-order valence-electron chi connectivity index (χ2n) is 5.12. The number of carbonyl (C=O) groups excluding carboxylic acids is 1. The summed E-state index contributed by atoms with van der Waals surface area (Å²) in [5, 5.41) is 2.40. The highest BCUT2D eigenvalue weighted by molar-refractivity contribution is 7.86. The van der Waals surface area contributed by atoms with Gasteiger partial charge in [0.25, 0.3) is 16.0 Å². The Hall–Kier alpha value is -1.92. The van der Waals surface area contributed by atoms with Gasteiger partial charge in [-0.3, -0.25) is 4.79 Å². The SMILES string of the molecule is C=C(/C=C\CCC)[C@H](OS(=O)(=O)c1ccc(C)cc1)C(=O)NC. The van der Waals surface area contributed by atoms with Gasteiger partial charge < -0.3 is 5.32 Å². The standard InChI is InChI=1S/C17H23NO4S/c1-5-6-7-8-14(3)16(17(19)18-4)22-23(20,21)15-11-9-13(2)10-12-15/h7-12,16H,3,5-6H2,1-2,4H3,(H,18,19)/b8-7-/t16-/m0/s1. The monoisotopic (exact) mass is 337 g/mol. The number of amides is 1. The smallest absolute Gasteiger partial charge is 0.298 e. The number of rotatable bonds is 8. The molecule has 0 aliphatic heterocycles. The van der Waals surface area contributed by atoms with Gasteiger partial charge in [-0.1, -0.05) is 49.8 Å². The van der Waals surface area contributed by atoms with Crippen molar-refractivity contribution in [2.24, 2.45) is 0 Å². The third-order valence-corrected chi connectivity index (χ3v) is 4.44. The molecular formula is C17H23NO4S. The van der Waals surface area contributed by atoms with Gasteiger partial charge in [0.15, 0.2) is 6.10 Å². The van der Waals surface area contributed by atoms with Gasteiger partial charge in [-0.25, -0.2) is 4.18 Å². The fourth-order valence-electron chi connectivity index (χ4n) is 1.78. The highest BCUT2D eigenvalue weighted by Gasteiger charge is 2.28. The summed E-state index contributed by atoms with van der Waals surface area (Å²) in [5.41, 5.74) is 1.21. The van der Waals surface area contributed by atoms with Crippen molar-refractivity contribution >= 4 is 16.0 Å². The third kappa shape index (κ3) is 5.65. The van der Waals surface area contributed by atoms with Crippen LogP contribution in [0.4, 0.5) is 0 Å². The maximum Gasteiger partial charge on any atom is 0.298 e. The van der Waals surface area contributed by atoms with Crippen LogP contribution in [0, 0.1) is 6.92 Å². The number of hydrogen-bond donors (Lipinski definition) is 1. The Morgan fingerprint density at radius 3 is 2.48 bits per heavy atom. The van der Waals surface area contributed by atoms with Crippen LogP contribution in [-0.4, -0.2) is 27.5 Å². The lowest BCUT2D eigenvalue weighted by Crippen LogP contribution is -2.36. The summed E-state index contributed by atoms with van der Waals surface area (Å²) in [6.07, 6.45) is 3.91. The maximum absolute atomic E-state index is 12.3. The largest absolute Gasteiger partial charge is 0.357 e. The zero-order valence-electron chi connectivity index (χ0n) is 13.7. The fraction of sp³-hybridized carbons (Fsp3) is 0.353. The molecule has 1 aromatic carbocycles. The predicted octanol–water partition coefficient (Wildman–Crippen LogP) is 2.73. The highest BCUT2D eigenvalue weighted by atomic mass is 32.2. The van der Waals surface area contributed by atoms with Crippen molar-refractivity contribution in [3.8, 4) is 0 Å². The molecule has 6 heteroatoms. The summed E-state index contributed by atoms with van der Waals surface area (Å²) in [4.78, 5) is 12.0. The first-order valence-electron chi connectivity index (χ1n) is 7.38. The molecule has 0 aliphatic carbocycles. The molecule has 1 rings (SSSR count). The van der Waals surface area contributed by atoms with Gasteiger partial charge in [0.1, 0.15) is 0 Å². The molecule has 0 spiro atoms. The summed E-state index contributed by atoms with van der Waals surface area (Å²) < 4.78 is 29.8. The summed E-state index contributed by atoms with van der Waals surface area (Å²) in [7, 11) is -2.65. The van der Waals surface area contributed by atoms with Crippen LogP contribution in [0.25, 0.3) is 0 Å². The van der Waals surface area contributed by atoms with E-state index in [0.29, 0.717) is 0 Å². The summed E-state index contributed by atoms with van der Waals surface area (Å²) >= 11 is 0. The first kappa shape index (κ1) is 19.1. The van der Waals surface area contributed by atoms with Crippen LogP contribution in [0.5, 0.6) is 0 Å². The van der Waals surface area contributed by atoms with Crippen LogP contribution in [0.3, 0.4) is 0 Å². The molecule has 0 unspecified atom stereocenters. The van der Waals surface area contributed by atoms with Crippen molar-refractivity contribution in [2.45, 2.75) is 37.7 Å². The minimum Gasteiger partial charge on any atom is -0.357 e. The number of nitrogens with one attached hydrogen (secondary N) is 1. The Bertz CT molecular complexity index is 675. The van der Waals surface area contributed by atoms with Crippen molar-refractivity contribution in [3.63, 3.8) is 0 Å². The maximum atomic E-state index is 12.3. The number of benzene rings is 1. The predicted molar refractivity (Wildman–Crippen MR) is 90.5 cm³/mol. The first-order valence-corrected chi connectivity index (χ1v) is 8.79. The second kappa shape index (κ2) is 8.64. The van der Waals surface area contributed by atoms with Gasteiger partial charge in [0, 0.05) is 7.05 Å². The average molecular weight is 337 g/mol. The van der Waals surface area contributed by atoms with E-state index >= 15 is 0 Å². The number of hydrogen-bond acceptors (Lipinski definition) is 4. The van der Waals surface area contributed by atoms with Gasteiger partial charge in [-0.15, -0.1) is 0 Å². The number of carbonyl (C=O) groups is 1. The van der Waals surface area contributed by atoms with E-state index in [1.807, 2.05) is 19.9 Å². The van der Waals surface area contributed by atoms with Crippen molar-refractivity contribution in [1.82, 2.24) is 5.32 Å². The highest BCUT2D eigenvalue weighted by Crippen LogP contribution is 2.19. The molecule has 0 bridgehead atoms. The van der Waals surface area contributed by atoms with Gasteiger partial charge in [-0.2, -0.15) is 8.42 Å². The molecule has 0 aromatic heterocycles. The minimum absolute atomic E-state index is 0.00217. The molecule has 0 heterocycles. The van der Waals surface area contributed by atoms with Crippen LogP contribution in [-0.2, 0) is 19.1 Å². The molecular weight excluding hydrogens is 314 g/mol. The Morgan fingerprint density at radius 1 is 1.35 bits per heavy atom. The molecule has 0 saturated heterocycles. The lowest BCUT2D eigenvalue weighted by molar-refractivity contribution is -0.125. The Morgan fingerprint density at radius 2 is 1.96 bits per heavy atom. The lowest BCUT2D eigenvalue weighted by Gasteiger charge is -2.16. The van der Waals surface area contributed by atoms with E-state index in [1.54, 1.807) is 18.2 Å². The van der Waals surface area contributed by atoms with E-state index in [-0.39, 0.29) is 10.5 Å². The van der Waals surface area contributed by atoms with E-state index in [2.05, 4.69) is 11.9 Å². The van der Waals surface area contributed by atoms with Gasteiger partial charge >= 0.3 is 0 Å². The molecule has 0 fully saturated rings. The average Bonchev–Trinajstić information content (AvgIpc) is 2.52. The van der Waals surface area contributed by atoms with Gasteiger partial charge in [-0.05, 0) is 31.1 Å². The van der Waals surface area contributed by atoms with Crippen molar-refractivity contribution in [1.29, 1.82) is 0 Å². The molecule has 1 aromatic rings. The molecule has 5 nitrogen and oxygen atoms in total. The van der Waals surface area contributed by atoms with Gasteiger partial charge in [0.2, 0.25) is 0 Å². The summed E-state index contributed by atoms with van der Waals surface area (Å²) in [6.45, 7) is 7.62. The van der Waals surface area contributed by atoms with Crippen molar-refractivity contribution < 1.29 is 17.4 Å². The molecule has 1 atom stereocenters. The van der Waals surface area contributed by atoms with E-state index in [1.165, 1.54) is 19.2 Å². The number of unbranched alkanes of at least 4 members (excludes halogenated alkanes) is 1. The molecule has 0 radical (unpaired) electrons. The van der Waals surface area contributed by atoms with Crippen LogP contribution >= 0.6 is 0 Å². The van der Waals surface area contributed by atoms with E-state index in [0.717, 1.165) is 18.4 Å². The summed E-state index contributed by atoms with van der Waals surface area (Å²) in [6, 6.07) is 6.23. The normalized spacial score (nSPS) is 13.0. The van der Waals surface area contributed by atoms with Crippen molar-refractivity contribution in [3.05, 3.63) is 54.1 Å². The van der Waals surface area contributed by atoms with Crippen molar-refractivity contribution in [2.75, 3.05) is 7.05 Å². The van der Waals surface area contributed by atoms with Crippen LogP contribution in [0.15, 0.2) is 53.5 Å². The first-order chi connectivity index (χ1) is 10.8. The van der Waals surface area contributed by atoms with Gasteiger partial charge in [0.05, 0.1) is 4.90 Å². The lowest BCUT2D eigenvalue weighted by atomic mass is 10.1. The zero-order valence-corrected chi connectivity index (χ0v) is 14.5. The molecule has 0 aliphatic rings. The molecule has 0 saturated carbocycles. The summed E-state index contributed by atoms with van der Waals surface area (Å²) in [5.74, 6) is -0.563. The molecule has 23 heavy (non-hydrogen) atoms. The number of aryl methyl sites for hydroxylation is 1. The van der Waals surface area contributed by atoms with E-state index in [4.69, 9.17) is 4.18 Å². The molecule has 1 N–H and O–H groups in total. The zero-order chi connectivity index (χ0) is 17.5. The Labute approximate surface area is 138 Å². The van der Waals surface area contributed by atoms with Crippen LogP contribution < -0.4 is 5.32 Å². The Balaban J connectivity index is 3.02. The Kier molecular flexibility index (Phi) is 7.19. The third-order valence-electron chi connectivity index (χ3n) is 3.14. The van der Waals surface area contributed by atoms with E-state index in [9.17, 15) is 13.2 Å². The minimum atomic E-state index is -4.06. The fourth-order valence-corrected chi connectivity index (χ4v) is 2.83. The molecule has 126 valence electrons. The van der Waals surface area contributed by atoms with Crippen LogP contribution in [0.2, 0.25) is 0 Å². The second-order valence-corrected chi connectivity index (χ2v) is 6.70. The molecule has 1 amide bonds. The number of likely N-dealkylation sites (N-methyl/N-ethyl adjacent to an activating group) is 1. The van der Waals surface area contributed by atoms with E-state index < -0.39 is 22.1 Å². The number of allylic oxidation sites excluding steroid dienone is 1. The quantitative estimate of drug-likeness (QED) is 0.585.